The van der Waals surface area contributed by atoms with Crippen LogP contribution in [0.1, 0.15) is 16.6 Å². The monoisotopic (exact) mass is 310 g/mol. The van der Waals surface area contributed by atoms with Gasteiger partial charge in [0.25, 0.3) is 0 Å². The van der Waals surface area contributed by atoms with E-state index in [0.29, 0.717) is 16.3 Å². The molecule has 0 atom stereocenters. The minimum atomic E-state index is -0.427. The number of amides is 1. The van der Waals surface area contributed by atoms with Gasteiger partial charge < -0.3 is 5.32 Å². The van der Waals surface area contributed by atoms with Crippen LogP contribution in [0.2, 0.25) is 10.0 Å². The third kappa shape index (κ3) is 2.42. The number of rotatable bonds is 1. The summed E-state index contributed by atoms with van der Waals surface area (Å²) in [5, 5.41) is 2.93. The van der Waals surface area contributed by atoms with Crippen LogP contribution in [0, 0.1) is 0 Å². The van der Waals surface area contributed by atoms with Crippen molar-refractivity contribution >= 4 is 40.5 Å². The zero-order valence-electron chi connectivity index (χ0n) is 14.1. The number of nitrogens with one attached hydrogen (secondary N) is 1. The Morgan fingerprint density at radius 1 is 1.20 bits per heavy atom. The van der Waals surface area contributed by atoms with Crippen molar-refractivity contribution in [2.45, 2.75) is 0 Å². The molecule has 0 unspecified atom stereocenters. The molecule has 5 heteroatoms. The number of hydrogen-bond acceptors (Lipinski definition) is 2. The normalized spacial score (nSPS) is 16.9. The summed E-state index contributed by atoms with van der Waals surface area (Å²) in [6.45, 7) is -0.194. The van der Waals surface area contributed by atoms with Gasteiger partial charge in [0.2, 0.25) is 5.91 Å². The molecular formula is C15H10Cl2N2O. The molecule has 0 spiro atoms. The molecule has 3 rings (SSSR count). The number of aliphatic imine (C=N–C) groups is 1. The van der Waals surface area contributed by atoms with Gasteiger partial charge in [0.15, 0.2) is 0 Å². The van der Waals surface area contributed by atoms with E-state index in [1.807, 2.05) is 0 Å². The van der Waals surface area contributed by atoms with Crippen LogP contribution in [-0.4, -0.2) is 18.2 Å². The largest absolute Gasteiger partial charge is 0.324 e. The molecule has 0 saturated heterocycles. The van der Waals surface area contributed by atoms with Gasteiger partial charge >= 0.3 is 0 Å². The second-order valence-corrected chi connectivity index (χ2v) is 4.91. The Balaban J connectivity index is 2.35. The van der Waals surface area contributed by atoms with E-state index in [0.717, 1.165) is 0 Å². The molecular weight excluding hydrogens is 297 g/mol. The number of anilines is 1. The quantitative estimate of drug-likeness (QED) is 0.800. The van der Waals surface area contributed by atoms with Gasteiger partial charge in [-0.3, -0.25) is 9.79 Å². The predicted octanol–water partition coefficient (Wildman–Crippen LogP) is 3.78. The maximum absolute atomic E-state index is 11.8. The molecule has 20 heavy (non-hydrogen) atoms. The molecule has 100 valence electrons. The molecule has 2 aromatic carbocycles. The van der Waals surface area contributed by atoms with Crippen molar-refractivity contribution < 1.29 is 10.3 Å². The molecule has 1 N–H and O–H groups in total. The molecule has 2 aromatic rings. The molecule has 1 heterocycles. The standard InChI is InChI=1S/C15H10Cl2N2O/c16-9-5-6-13-11(7-9)15(18-8-14(20)19-13)10-3-1-2-4-12(10)17/h1-7H,8H2,(H,19,20)/i1D,2D,3D,4D,8+1,14+1. The van der Waals surface area contributed by atoms with Crippen molar-refractivity contribution in [1.29, 1.82) is 0 Å². The second kappa shape index (κ2) is 5.27. The number of carbonyl (C=O) groups excluding carboxylic acids is 1. The van der Waals surface area contributed by atoms with E-state index in [1.165, 1.54) is 0 Å². The maximum atomic E-state index is 11.8. The molecule has 0 fully saturated rings. The fourth-order valence-corrected chi connectivity index (χ4v) is 2.28. The van der Waals surface area contributed by atoms with E-state index in [4.69, 9.17) is 28.7 Å². The molecule has 3 nitrogen and oxygen atoms in total. The Morgan fingerprint density at radius 3 is 2.85 bits per heavy atom. The first-order valence-corrected chi connectivity index (χ1v) is 6.47. The van der Waals surface area contributed by atoms with Gasteiger partial charge in [-0.05, 0) is 24.2 Å². The average Bonchev–Trinajstić information content (AvgIpc) is 2.70. The number of benzene rings is 2. The lowest BCUT2D eigenvalue weighted by atomic mass is 10.0. The summed E-state index contributed by atoms with van der Waals surface area (Å²) in [6, 6.07) is 3.25. The minimum absolute atomic E-state index is 0.0442. The minimum Gasteiger partial charge on any atom is -0.324 e. The molecule has 0 radical (unpaired) electrons. The van der Waals surface area contributed by atoms with Crippen molar-refractivity contribution in [3.05, 3.63) is 63.5 Å². The summed E-state index contributed by atoms with van der Waals surface area (Å²) in [5.74, 6) is -0.342. The van der Waals surface area contributed by atoms with Crippen molar-refractivity contribution in [1.82, 2.24) is 0 Å². The first-order chi connectivity index (χ1) is 11.3. The molecule has 0 aromatic heterocycles. The van der Waals surface area contributed by atoms with Gasteiger partial charge in [-0.2, -0.15) is 0 Å². The lowest BCUT2D eigenvalue weighted by molar-refractivity contribution is -0.114. The van der Waals surface area contributed by atoms with E-state index in [2.05, 4.69) is 10.3 Å². The summed E-state index contributed by atoms with van der Waals surface area (Å²) in [5.41, 5.74) is 1.13. The Hall–Kier alpha value is -1.84. The third-order valence-corrected chi connectivity index (χ3v) is 3.29. The summed E-state index contributed by atoms with van der Waals surface area (Å²) in [7, 11) is 0. The average molecular weight is 311 g/mol. The number of nitrogens with zero attached hydrogens (tertiary/aromatic N) is 1. The number of hydrogen-bond donors (Lipinski definition) is 1. The first-order valence-electron chi connectivity index (χ1n) is 7.71. The highest BCUT2D eigenvalue weighted by atomic mass is 35.5. The Labute approximate surface area is 131 Å². The third-order valence-electron chi connectivity index (χ3n) is 2.77. The van der Waals surface area contributed by atoms with Gasteiger partial charge in [0.05, 0.1) is 16.9 Å². The van der Waals surface area contributed by atoms with E-state index in [9.17, 15) is 4.79 Å². The summed E-state index contributed by atoms with van der Waals surface area (Å²) in [6.07, 6.45) is 0. The van der Waals surface area contributed by atoms with Gasteiger partial charge in [-0.15, -0.1) is 0 Å². The second-order valence-electron chi connectivity index (χ2n) is 4.09. The molecule has 1 aliphatic heterocycles. The number of benzodiazepines with no additional fused rings is 1. The van der Waals surface area contributed by atoms with E-state index >= 15 is 0 Å². The Kier molecular flexibility index (Phi) is 2.41. The SMILES string of the molecule is [2H]c1c([2H])c([2H])c(C2=N[13CH2][13C](=O)Nc3ccc(Cl)cc32)c(Cl)c1[2H]. The summed E-state index contributed by atoms with van der Waals surface area (Å²) >= 11 is 12.2. The van der Waals surface area contributed by atoms with Gasteiger partial charge in [-0.25, -0.2) is 0 Å². The molecule has 1 amide bonds. The van der Waals surface area contributed by atoms with E-state index in [1.54, 1.807) is 18.2 Å². The van der Waals surface area contributed by atoms with Crippen LogP contribution in [0.3, 0.4) is 0 Å². The van der Waals surface area contributed by atoms with Crippen molar-refractivity contribution in [2.24, 2.45) is 4.99 Å². The van der Waals surface area contributed by atoms with Crippen LogP contribution in [-0.2, 0) is 4.79 Å². The van der Waals surface area contributed by atoms with E-state index in [-0.39, 0.29) is 40.8 Å². The van der Waals surface area contributed by atoms with Gasteiger partial charge in [0.1, 0.15) is 6.54 Å². The van der Waals surface area contributed by atoms with Crippen LogP contribution in [0.15, 0.2) is 47.4 Å². The highest BCUT2D eigenvalue weighted by Gasteiger charge is 2.19. The molecule has 0 saturated carbocycles. The van der Waals surface area contributed by atoms with Crippen molar-refractivity contribution in [3.63, 3.8) is 0 Å². The highest BCUT2D eigenvalue weighted by molar-refractivity contribution is 6.36. The molecule has 0 bridgehead atoms. The van der Waals surface area contributed by atoms with Crippen molar-refractivity contribution in [3.8, 4) is 0 Å². The van der Waals surface area contributed by atoms with Gasteiger partial charge in [-0.1, -0.05) is 41.3 Å². The lowest BCUT2D eigenvalue weighted by Crippen LogP contribution is -2.13. The first kappa shape index (κ1) is 9.16. The van der Waals surface area contributed by atoms with E-state index < -0.39 is 12.1 Å². The Morgan fingerprint density at radius 2 is 2.00 bits per heavy atom. The zero-order valence-corrected chi connectivity index (χ0v) is 11.6. The van der Waals surface area contributed by atoms with Crippen LogP contribution >= 0.6 is 23.2 Å². The van der Waals surface area contributed by atoms with Crippen LogP contribution in [0.5, 0.6) is 0 Å². The molecule has 1 aliphatic rings. The van der Waals surface area contributed by atoms with Crippen molar-refractivity contribution in [2.75, 3.05) is 11.9 Å². The van der Waals surface area contributed by atoms with Gasteiger partial charge in [0, 0.05) is 21.2 Å². The van der Waals surface area contributed by atoms with Crippen LogP contribution in [0.4, 0.5) is 5.69 Å². The zero-order chi connectivity index (χ0) is 17.6. The number of fused-ring (bicyclic) bond motifs is 1. The fraction of sp³-hybridized carbons (Fsp3) is 0.0667. The number of carbonyl (C=O) groups is 1. The topological polar surface area (TPSA) is 41.5 Å². The fourth-order valence-electron chi connectivity index (χ4n) is 1.92. The predicted molar refractivity (Wildman–Crippen MR) is 82.0 cm³/mol. The molecule has 0 aliphatic carbocycles. The summed E-state index contributed by atoms with van der Waals surface area (Å²) in [4.78, 5) is 16.0. The smallest absolute Gasteiger partial charge is 0.246 e. The summed E-state index contributed by atoms with van der Waals surface area (Å²) < 4.78 is 31.5. The lowest BCUT2D eigenvalue weighted by Gasteiger charge is -2.11. The van der Waals surface area contributed by atoms with Crippen LogP contribution < -0.4 is 5.32 Å². The maximum Gasteiger partial charge on any atom is 0.246 e. The number of halogens is 2. The van der Waals surface area contributed by atoms with Crippen LogP contribution in [0.25, 0.3) is 0 Å². The Bertz CT molecular complexity index is 886. The highest BCUT2D eigenvalue weighted by Crippen LogP contribution is 2.28.